The zero-order valence-electron chi connectivity index (χ0n) is 10.6. The lowest BCUT2D eigenvalue weighted by atomic mass is 10.2. The minimum Gasteiger partial charge on any atom is -0.352 e. The quantitative estimate of drug-likeness (QED) is 0.746. The van der Waals surface area contributed by atoms with Crippen molar-refractivity contribution in [2.45, 2.75) is 16.7 Å². The average molecular weight is 291 g/mol. The number of halogens is 1. The number of benzene rings is 2. The molecule has 0 aromatic heterocycles. The maximum Gasteiger partial charge on any atom is 0.123 e. The van der Waals surface area contributed by atoms with Gasteiger partial charge >= 0.3 is 0 Å². The molecule has 19 heavy (non-hydrogen) atoms. The summed E-state index contributed by atoms with van der Waals surface area (Å²) in [6.07, 6.45) is 0. The van der Waals surface area contributed by atoms with Gasteiger partial charge in [0.25, 0.3) is 0 Å². The third-order valence-corrected chi connectivity index (χ3v) is 5.37. The molecule has 0 bridgehead atoms. The summed E-state index contributed by atoms with van der Waals surface area (Å²) in [5.74, 6) is 1.61. The van der Waals surface area contributed by atoms with Gasteiger partial charge in [-0.1, -0.05) is 6.07 Å². The molecule has 0 saturated heterocycles. The first-order valence-electron chi connectivity index (χ1n) is 6.09. The van der Waals surface area contributed by atoms with Crippen LogP contribution in [0.15, 0.2) is 52.3 Å². The van der Waals surface area contributed by atoms with E-state index in [1.165, 1.54) is 27.5 Å². The van der Waals surface area contributed by atoms with Gasteiger partial charge in [-0.15, -0.1) is 23.5 Å². The minimum absolute atomic E-state index is 0.183. The molecule has 4 heteroatoms. The Bertz CT molecular complexity index is 583. The summed E-state index contributed by atoms with van der Waals surface area (Å²) in [6, 6.07) is 13.3. The second kappa shape index (κ2) is 5.47. The zero-order valence-corrected chi connectivity index (χ0v) is 12.2. The van der Waals surface area contributed by atoms with Crippen LogP contribution in [-0.4, -0.2) is 11.8 Å². The van der Waals surface area contributed by atoms with Crippen molar-refractivity contribution in [1.82, 2.24) is 0 Å². The van der Waals surface area contributed by atoms with Crippen LogP contribution in [-0.2, 0) is 0 Å². The topological polar surface area (TPSA) is 3.24 Å². The first-order valence-corrected chi connectivity index (χ1v) is 8.06. The number of hydrogen-bond acceptors (Lipinski definition) is 3. The third kappa shape index (κ3) is 2.90. The molecule has 1 heterocycles. The van der Waals surface area contributed by atoms with Crippen molar-refractivity contribution in [3.63, 3.8) is 0 Å². The molecule has 0 aliphatic carbocycles. The highest BCUT2D eigenvalue weighted by Gasteiger charge is 2.15. The van der Waals surface area contributed by atoms with E-state index in [0.29, 0.717) is 0 Å². The van der Waals surface area contributed by atoms with Crippen LogP contribution < -0.4 is 4.90 Å². The van der Waals surface area contributed by atoms with Gasteiger partial charge in [0.2, 0.25) is 0 Å². The summed E-state index contributed by atoms with van der Waals surface area (Å²) >= 11 is 3.68. The zero-order chi connectivity index (χ0) is 13.2. The Balaban J connectivity index is 1.81. The summed E-state index contributed by atoms with van der Waals surface area (Å²) < 4.78 is 13.0. The monoisotopic (exact) mass is 291 g/mol. The predicted octanol–water partition coefficient (Wildman–Crippen LogP) is 4.75. The van der Waals surface area contributed by atoms with Crippen LogP contribution in [0.1, 0.15) is 5.56 Å². The molecule has 0 fully saturated rings. The van der Waals surface area contributed by atoms with Gasteiger partial charge in [-0.2, -0.15) is 0 Å². The van der Waals surface area contributed by atoms with Crippen LogP contribution in [0.5, 0.6) is 0 Å². The van der Waals surface area contributed by atoms with Gasteiger partial charge in [-0.05, 0) is 48.9 Å². The predicted molar refractivity (Wildman–Crippen MR) is 81.5 cm³/mol. The average Bonchev–Trinajstić information content (AvgIpc) is 2.62. The first kappa shape index (κ1) is 12.9. The van der Waals surface area contributed by atoms with Crippen LogP contribution in [0.4, 0.5) is 10.1 Å². The van der Waals surface area contributed by atoms with Gasteiger partial charge in [0, 0.05) is 15.5 Å². The van der Waals surface area contributed by atoms with E-state index in [4.69, 9.17) is 0 Å². The maximum absolute atomic E-state index is 13.0. The van der Waals surface area contributed by atoms with E-state index in [1.54, 1.807) is 0 Å². The van der Waals surface area contributed by atoms with Crippen LogP contribution in [0.2, 0.25) is 0 Å². The first-order chi connectivity index (χ1) is 9.22. The second-order valence-corrected chi connectivity index (χ2v) is 6.49. The molecule has 0 atom stereocenters. The van der Waals surface area contributed by atoms with Crippen molar-refractivity contribution in [2.75, 3.05) is 16.7 Å². The fourth-order valence-electron chi connectivity index (χ4n) is 1.98. The molecular formula is C15H14FNS2. The molecule has 0 N–H and O–H groups in total. The molecule has 0 spiro atoms. The van der Waals surface area contributed by atoms with E-state index in [2.05, 4.69) is 30.0 Å². The van der Waals surface area contributed by atoms with E-state index in [9.17, 15) is 4.39 Å². The third-order valence-electron chi connectivity index (χ3n) is 3.04. The highest BCUT2D eigenvalue weighted by molar-refractivity contribution is 8.03. The molecule has 0 unspecified atom stereocenters. The molecule has 98 valence electrons. The fourth-order valence-corrected chi connectivity index (χ4v) is 4.37. The smallest absolute Gasteiger partial charge is 0.123 e. The lowest BCUT2D eigenvalue weighted by Crippen LogP contribution is -2.20. The van der Waals surface area contributed by atoms with E-state index in [0.717, 1.165) is 17.4 Å². The lowest BCUT2D eigenvalue weighted by Gasteiger charge is -2.21. The highest BCUT2D eigenvalue weighted by atomic mass is 32.2. The van der Waals surface area contributed by atoms with Gasteiger partial charge in [-0.25, -0.2) is 4.39 Å². The number of nitrogens with zero attached hydrogens (tertiary/aromatic N) is 1. The molecule has 2 aromatic carbocycles. The Morgan fingerprint density at radius 1 is 0.947 bits per heavy atom. The van der Waals surface area contributed by atoms with Gasteiger partial charge in [0.1, 0.15) is 5.82 Å². The van der Waals surface area contributed by atoms with E-state index >= 15 is 0 Å². The molecule has 0 saturated carbocycles. The van der Waals surface area contributed by atoms with E-state index < -0.39 is 0 Å². The highest BCUT2D eigenvalue weighted by Crippen LogP contribution is 2.37. The van der Waals surface area contributed by atoms with E-state index in [1.807, 2.05) is 35.7 Å². The normalized spacial score (nSPS) is 14.9. The van der Waals surface area contributed by atoms with Crippen molar-refractivity contribution in [2.24, 2.45) is 0 Å². The summed E-state index contributed by atoms with van der Waals surface area (Å²) in [4.78, 5) is 4.94. The molecule has 2 aromatic rings. The fraction of sp³-hybridized carbons (Fsp3) is 0.200. The number of aryl methyl sites for hydroxylation is 1. The second-order valence-electron chi connectivity index (χ2n) is 4.51. The van der Waals surface area contributed by atoms with Crippen LogP contribution >= 0.6 is 23.5 Å². The van der Waals surface area contributed by atoms with Crippen molar-refractivity contribution in [3.05, 3.63) is 53.8 Å². The molecule has 1 aliphatic rings. The molecule has 1 aliphatic heterocycles. The lowest BCUT2D eigenvalue weighted by molar-refractivity contribution is 0.628. The number of rotatable bonds is 1. The Hall–Kier alpha value is -1.13. The molecule has 1 nitrogen and oxygen atoms in total. The van der Waals surface area contributed by atoms with Crippen molar-refractivity contribution in [3.8, 4) is 0 Å². The van der Waals surface area contributed by atoms with Crippen molar-refractivity contribution in [1.29, 1.82) is 0 Å². The van der Waals surface area contributed by atoms with Gasteiger partial charge < -0.3 is 4.90 Å². The summed E-state index contributed by atoms with van der Waals surface area (Å²) in [5.41, 5.74) is 2.37. The number of thioether (sulfide) groups is 2. The largest absolute Gasteiger partial charge is 0.352 e. The molecular weight excluding hydrogens is 277 g/mol. The van der Waals surface area contributed by atoms with Crippen LogP contribution in [0, 0.1) is 12.7 Å². The minimum atomic E-state index is -0.183. The summed E-state index contributed by atoms with van der Waals surface area (Å²) in [7, 11) is 0. The summed E-state index contributed by atoms with van der Waals surface area (Å²) in [6.45, 7) is 2.12. The maximum atomic E-state index is 13.0. The standard InChI is InChI=1S/C15H14FNS2/c1-11-2-7-14-15(8-11)19-10-17(9-18-14)13-5-3-12(16)4-6-13/h2-8H,9-10H2,1H3. The van der Waals surface area contributed by atoms with Gasteiger partial charge in [0.05, 0.1) is 11.8 Å². The molecule has 0 amide bonds. The number of hydrogen-bond donors (Lipinski definition) is 0. The number of fused-ring (bicyclic) bond motifs is 1. The SMILES string of the molecule is Cc1ccc2c(c1)SCN(c1ccc(F)cc1)CS2. The molecule has 0 radical (unpaired) electrons. The van der Waals surface area contributed by atoms with Crippen molar-refractivity contribution >= 4 is 29.2 Å². The van der Waals surface area contributed by atoms with Crippen LogP contribution in [0.25, 0.3) is 0 Å². The Morgan fingerprint density at radius 2 is 1.63 bits per heavy atom. The number of anilines is 1. The van der Waals surface area contributed by atoms with Crippen molar-refractivity contribution < 1.29 is 4.39 Å². The molecule has 3 rings (SSSR count). The van der Waals surface area contributed by atoms with Gasteiger partial charge in [-0.3, -0.25) is 0 Å². The van der Waals surface area contributed by atoms with E-state index in [-0.39, 0.29) is 5.82 Å². The van der Waals surface area contributed by atoms with Gasteiger partial charge in [0.15, 0.2) is 0 Å². The Morgan fingerprint density at radius 3 is 2.37 bits per heavy atom. The summed E-state index contributed by atoms with van der Waals surface area (Å²) in [5, 5.41) is 0. The van der Waals surface area contributed by atoms with Crippen LogP contribution in [0.3, 0.4) is 0 Å². The Labute approximate surface area is 121 Å². The Kier molecular flexibility index (Phi) is 3.71.